The SMILES string of the molecule is O=C(C1CSCCN1)N1CC2CCC(C1)O2. The van der Waals surface area contributed by atoms with Gasteiger partial charge in [0.2, 0.25) is 5.91 Å². The van der Waals surface area contributed by atoms with E-state index < -0.39 is 0 Å². The summed E-state index contributed by atoms with van der Waals surface area (Å²) in [6.45, 7) is 2.56. The first-order chi connectivity index (χ1) is 7.83. The minimum Gasteiger partial charge on any atom is -0.371 e. The lowest BCUT2D eigenvalue weighted by Gasteiger charge is -2.35. The highest BCUT2D eigenvalue weighted by molar-refractivity contribution is 7.99. The van der Waals surface area contributed by atoms with Gasteiger partial charge in [-0.1, -0.05) is 0 Å². The molecule has 0 aromatic carbocycles. The highest BCUT2D eigenvalue weighted by Gasteiger charge is 2.37. The number of carbonyl (C=O) groups excluding carboxylic acids is 1. The molecule has 0 spiro atoms. The molecule has 0 aromatic heterocycles. The molecule has 0 aromatic rings. The van der Waals surface area contributed by atoms with Gasteiger partial charge in [-0.05, 0) is 12.8 Å². The van der Waals surface area contributed by atoms with Crippen LogP contribution in [0.5, 0.6) is 0 Å². The molecular weight excluding hydrogens is 224 g/mol. The van der Waals surface area contributed by atoms with Gasteiger partial charge in [-0.25, -0.2) is 0 Å². The van der Waals surface area contributed by atoms with Gasteiger partial charge >= 0.3 is 0 Å². The van der Waals surface area contributed by atoms with Crippen molar-refractivity contribution in [3.63, 3.8) is 0 Å². The topological polar surface area (TPSA) is 41.6 Å². The molecule has 1 amide bonds. The van der Waals surface area contributed by atoms with Crippen LogP contribution in [0.2, 0.25) is 0 Å². The number of hydrogen-bond donors (Lipinski definition) is 1. The van der Waals surface area contributed by atoms with E-state index in [0.29, 0.717) is 12.2 Å². The van der Waals surface area contributed by atoms with E-state index in [1.807, 2.05) is 16.7 Å². The fourth-order valence-electron chi connectivity index (χ4n) is 2.74. The summed E-state index contributed by atoms with van der Waals surface area (Å²) in [6, 6.07) is 0.0382. The van der Waals surface area contributed by atoms with E-state index in [1.165, 1.54) is 0 Å². The van der Waals surface area contributed by atoms with E-state index in [9.17, 15) is 4.79 Å². The summed E-state index contributed by atoms with van der Waals surface area (Å²) >= 11 is 1.87. The summed E-state index contributed by atoms with van der Waals surface area (Å²) in [4.78, 5) is 14.3. The predicted octanol–water partition coefficient (Wildman–Crippen LogP) is 0.0812. The molecule has 3 saturated heterocycles. The van der Waals surface area contributed by atoms with Crippen molar-refractivity contribution in [3.05, 3.63) is 0 Å². The summed E-state index contributed by atoms with van der Waals surface area (Å²) in [7, 11) is 0. The molecule has 0 saturated carbocycles. The van der Waals surface area contributed by atoms with Crippen molar-refractivity contribution >= 4 is 17.7 Å². The Morgan fingerprint density at radius 1 is 1.31 bits per heavy atom. The number of thioether (sulfide) groups is 1. The van der Waals surface area contributed by atoms with Gasteiger partial charge in [0, 0.05) is 31.1 Å². The van der Waals surface area contributed by atoms with Gasteiger partial charge in [-0.15, -0.1) is 0 Å². The molecule has 3 fully saturated rings. The molecule has 3 heterocycles. The quantitative estimate of drug-likeness (QED) is 0.707. The first-order valence-corrected chi connectivity index (χ1v) is 7.24. The summed E-state index contributed by atoms with van der Waals surface area (Å²) in [6.07, 6.45) is 2.86. The van der Waals surface area contributed by atoms with Crippen molar-refractivity contribution in [2.24, 2.45) is 0 Å². The number of nitrogens with zero attached hydrogens (tertiary/aromatic N) is 1. The highest BCUT2D eigenvalue weighted by atomic mass is 32.2. The van der Waals surface area contributed by atoms with Crippen LogP contribution in [-0.4, -0.2) is 60.2 Å². The number of carbonyl (C=O) groups is 1. The van der Waals surface area contributed by atoms with Gasteiger partial charge in [-0.2, -0.15) is 11.8 Å². The molecule has 16 heavy (non-hydrogen) atoms. The second-order valence-electron chi connectivity index (χ2n) is 4.78. The van der Waals surface area contributed by atoms with Crippen LogP contribution in [0.1, 0.15) is 12.8 Å². The standard InChI is InChI=1S/C11H18N2O2S/c14-11(10-7-16-4-3-12-10)13-5-8-1-2-9(6-13)15-8/h8-10,12H,1-7H2. The Labute approximate surface area is 100 Å². The number of nitrogens with one attached hydrogen (secondary N) is 1. The Kier molecular flexibility index (Phi) is 3.09. The number of hydrogen-bond acceptors (Lipinski definition) is 4. The van der Waals surface area contributed by atoms with Crippen LogP contribution in [0, 0.1) is 0 Å². The molecule has 3 aliphatic heterocycles. The molecule has 3 atom stereocenters. The molecule has 2 bridgehead atoms. The lowest BCUT2D eigenvalue weighted by Crippen LogP contribution is -2.55. The number of ether oxygens (including phenoxy) is 1. The van der Waals surface area contributed by atoms with Crippen molar-refractivity contribution in [2.75, 3.05) is 31.1 Å². The van der Waals surface area contributed by atoms with Gasteiger partial charge in [0.1, 0.15) is 0 Å². The lowest BCUT2D eigenvalue weighted by atomic mass is 10.2. The van der Waals surface area contributed by atoms with Crippen molar-refractivity contribution in [2.45, 2.75) is 31.1 Å². The Hall–Kier alpha value is -0.260. The zero-order chi connectivity index (χ0) is 11.0. The summed E-state index contributed by atoms with van der Waals surface area (Å²) in [5.74, 6) is 2.33. The van der Waals surface area contributed by atoms with Crippen LogP contribution in [0.4, 0.5) is 0 Å². The highest BCUT2D eigenvalue weighted by Crippen LogP contribution is 2.26. The average Bonchev–Trinajstić information content (AvgIpc) is 2.68. The van der Waals surface area contributed by atoms with Crippen LogP contribution in [-0.2, 0) is 9.53 Å². The van der Waals surface area contributed by atoms with Crippen molar-refractivity contribution in [3.8, 4) is 0 Å². The number of rotatable bonds is 1. The van der Waals surface area contributed by atoms with E-state index in [4.69, 9.17) is 4.74 Å². The lowest BCUT2D eigenvalue weighted by molar-refractivity contribution is -0.141. The predicted molar refractivity (Wildman–Crippen MR) is 63.6 cm³/mol. The first kappa shape index (κ1) is 10.9. The van der Waals surface area contributed by atoms with Crippen molar-refractivity contribution in [1.82, 2.24) is 10.2 Å². The molecule has 90 valence electrons. The molecule has 5 heteroatoms. The molecule has 1 N–H and O–H groups in total. The normalized spacial score (nSPS) is 38.8. The summed E-state index contributed by atoms with van der Waals surface area (Å²) < 4.78 is 5.75. The minimum atomic E-state index is 0.0382. The van der Waals surface area contributed by atoms with Gasteiger partial charge in [0.25, 0.3) is 0 Å². The maximum Gasteiger partial charge on any atom is 0.240 e. The maximum atomic E-state index is 12.3. The van der Waals surface area contributed by atoms with E-state index in [-0.39, 0.29) is 11.9 Å². The Balaban J connectivity index is 1.61. The fourth-order valence-corrected chi connectivity index (χ4v) is 3.66. The van der Waals surface area contributed by atoms with E-state index >= 15 is 0 Å². The number of likely N-dealkylation sites (tertiary alicyclic amines) is 1. The number of amides is 1. The van der Waals surface area contributed by atoms with E-state index in [2.05, 4.69) is 5.32 Å². The Morgan fingerprint density at radius 2 is 2.06 bits per heavy atom. The number of fused-ring (bicyclic) bond motifs is 2. The average molecular weight is 242 g/mol. The third-order valence-electron chi connectivity index (χ3n) is 3.57. The van der Waals surface area contributed by atoms with Crippen LogP contribution < -0.4 is 5.32 Å². The zero-order valence-corrected chi connectivity index (χ0v) is 10.2. The summed E-state index contributed by atoms with van der Waals surface area (Å²) in [5, 5.41) is 3.31. The Morgan fingerprint density at radius 3 is 2.69 bits per heavy atom. The van der Waals surface area contributed by atoms with Gasteiger partial charge in [-0.3, -0.25) is 4.79 Å². The second kappa shape index (κ2) is 4.55. The van der Waals surface area contributed by atoms with E-state index in [1.54, 1.807) is 0 Å². The summed E-state index contributed by atoms with van der Waals surface area (Å²) in [5.41, 5.74) is 0. The minimum absolute atomic E-state index is 0.0382. The third kappa shape index (κ3) is 2.08. The van der Waals surface area contributed by atoms with Crippen LogP contribution in [0.15, 0.2) is 0 Å². The number of morpholine rings is 1. The maximum absolute atomic E-state index is 12.3. The first-order valence-electron chi connectivity index (χ1n) is 6.08. The van der Waals surface area contributed by atoms with Crippen molar-refractivity contribution < 1.29 is 9.53 Å². The van der Waals surface area contributed by atoms with E-state index in [0.717, 1.165) is 44.0 Å². The van der Waals surface area contributed by atoms with Gasteiger partial charge in [0.15, 0.2) is 0 Å². The van der Waals surface area contributed by atoms with Gasteiger partial charge < -0.3 is 15.0 Å². The molecule has 0 aliphatic carbocycles. The third-order valence-corrected chi connectivity index (χ3v) is 4.64. The van der Waals surface area contributed by atoms with Crippen LogP contribution >= 0.6 is 11.8 Å². The molecule has 3 rings (SSSR count). The monoisotopic (exact) mass is 242 g/mol. The molecule has 3 unspecified atom stereocenters. The molecule has 3 aliphatic rings. The second-order valence-corrected chi connectivity index (χ2v) is 5.93. The zero-order valence-electron chi connectivity index (χ0n) is 9.35. The largest absolute Gasteiger partial charge is 0.371 e. The van der Waals surface area contributed by atoms with Crippen molar-refractivity contribution in [1.29, 1.82) is 0 Å². The van der Waals surface area contributed by atoms with Gasteiger partial charge in [0.05, 0.1) is 18.2 Å². The molecule has 4 nitrogen and oxygen atoms in total. The van der Waals surface area contributed by atoms with Crippen LogP contribution in [0.25, 0.3) is 0 Å². The molecule has 0 radical (unpaired) electrons. The van der Waals surface area contributed by atoms with Crippen LogP contribution in [0.3, 0.4) is 0 Å². The fraction of sp³-hybridized carbons (Fsp3) is 0.909. The molecular formula is C11H18N2O2S. The smallest absolute Gasteiger partial charge is 0.240 e. The Bertz CT molecular complexity index is 269.